The predicted octanol–water partition coefficient (Wildman–Crippen LogP) is 6.63. The smallest absolute Gasteiger partial charge is 0.0102 e. The van der Waals surface area contributed by atoms with Crippen molar-refractivity contribution in [3.63, 3.8) is 0 Å². The lowest BCUT2D eigenvalue weighted by molar-refractivity contribution is 0.103. The molecule has 1 nitrogen and oxygen atoms in total. The summed E-state index contributed by atoms with van der Waals surface area (Å²) in [6.45, 7) is 3.82. The van der Waals surface area contributed by atoms with Crippen molar-refractivity contribution in [3.05, 3.63) is 59.7 Å². The van der Waals surface area contributed by atoms with Gasteiger partial charge in [-0.1, -0.05) is 55.5 Å². The molecule has 0 radical (unpaired) electrons. The maximum atomic E-state index is 3.89. The molecule has 0 spiro atoms. The van der Waals surface area contributed by atoms with Crippen molar-refractivity contribution in [1.82, 2.24) is 5.32 Å². The van der Waals surface area contributed by atoms with Gasteiger partial charge in [-0.15, -0.1) is 0 Å². The van der Waals surface area contributed by atoms with Crippen LogP contribution in [0.5, 0.6) is 0 Å². The van der Waals surface area contributed by atoms with E-state index >= 15 is 0 Å². The highest BCUT2D eigenvalue weighted by Crippen LogP contribution is 2.54. The Balaban J connectivity index is 1.22. The van der Waals surface area contributed by atoms with Crippen LogP contribution in [0.2, 0.25) is 0 Å². The van der Waals surface area contributed by atoms with Crippen molar-refractivity contribution >= 4 is 0 Å². The van der Waals surface area contributed by atoms with Gasteiger partial charge in [-0.2, -0.15) is 0 Å². The molecule has 1 heteroatoms. The Morgan fingerprint density at radius 2 is 1.55 bits per heavy atom. The molecule has 0 amide bonds. The van der Waals surface area contributed by atoms with E-state index in [1.165, 1.54) is 62.6 Å². The third-order valence-electron chi connectivity index (χ3n) is 9.17. The second kappa shape index (κ2) is 7.27. The highest BCUT2D eigenvalue weighted by atomic mass is 14.9. The summed E-state index contributed by atoms with van der Waals surface area (Å²) in [5.74, 6) is 5.42. The number of benzene rings is 2. The SMILES string of the molecule is CC1CC2CC3CCCNC3CC2C1CCC1c2ccccc2-c2ccccc21. The Labute approximate surface area is 176 Å². The van der Waals surface area contributed by atoms with E-state index in [2.05, 4.69) is 60.8 Å². The van der Waals surface area contributed by atoms with Crippen molar-refractivity contribution in [3.8, 4) is 11.1 Å². The highest BCUT2D eigenvalue weighted by Gasteiger charge is 2.47. The molecule has 1 N–H and O–H groups in total. The van der Waals surface area contributed by atoms with E-state index in [0.717, 1.165) is 35.6 Å². The number of nitrogens with one attached hydrogen (secondary N) is 1. The monoisotopic (exact) mass is 385 g/mol. The van der Waals surface area contributed by atoms with Crippen LogP contribution >= 0.6 is 0 Å². The van der Waals surface area contributed by atoms with Crippen LogP contribution in [0.25, 0.3) is 11.1 Å². The van der Waals surface area contributed by atoms with E-state index in [9.17, 15) is 0 Å². The normalized spacial score (nSPS) is 35.6. The zero-order chi connectivity index (χ0) is 19.4. The average Bonchev–Trinajstić information content (AvgIpc) is 3.24. The number of rotatable bonds is 3. The molecule has 0 bridgehead atoms. The molecule has 2 aromatic rings. The number of hydrogen-bond acceptors (Lipinski definition) is 1. The van der Waals surface area contributed by atoms with Crippen molar-refractivity contribution in [2.75, 3.05) is 6.54 Å². The number of hydrogen-bond donors (Lipinski definition) is 1. The zero-order valence-electron chi connectivity index (χ0n) is 17.8. The summed E-state index contributed by atoms with van der Waals surface area (Å²) in [5.41, 5.74) is 6.12. The summed E-state index contributed by atoms with van der Waals surface area (Å²) in [6, 6.07) is 19.1. The Morgan fingerprint density at radius 1 is 0.828 bits per heavy atom. The lowest BCUT2D eigenvalue weighted by Crippen LogP contribution is -2.47. The first kappa shape index (κ1) is 18.2. The fraction of sp³-hybridized carbons (Fsp3) is 0.571. The molecule has 6 unspecified atom stereocenters. The topological polar surface area (TPSA) is 12.0 Å². The average molecular weight is 386 g/mol. The summed E-state index contributed by atoms with van der Waals surface area (Å²) in [5, 5.41) is 3.89. The minimum atomic E-state index is 0.609. The van der Waals surface area contributed by atoms with Crippen molar-refractivity contribution < 1.29 is 0 Å². The molecule has 0 aromatic heterocycles. The van der Waals surface area contributed by atoms with Gasteiger partial charge in [0, 0.05) is 12.0 Å². The van der Waals surface area contributed by atoms with Crippen LogP contribution in [0.15, 0.2) is 48.5 Å². The summed E-state index contributed by atoms with van der Waals surface area (Å²) < 4.78 is 0. The van der Waals surface area contributed by atoms with Gasteiger partial charge in [-0.3, -0.25) is 0 Å². The fourth-order valence-electron chi connectivity index (χ4n) is 7.93. The van der Waals surface area contributed by atoms with Gasteiger partial charge in [0.1, 0.15) is 0 Å². The van der Waals surface area contributed by atoms with Gasteiger partial charge >= 0.3 is 0 Å². The standard InChI is InChI=1S/C28H35N/c1-18-15-20-16-19-7-6-14-29-28(19)17-27(20)21(18)12-13-26-24-10-4-2-8-22(24)23-9-3-5-11-25(23)26/h2-5,8-11,18-21,26-29H,6-7,12-17H2,1H3. The molecule has 6 rings (SSSR count). The predicted molar refractivity (Wildman–Crippen MR) is 121 cm³/mol. The maximum absolute atomic E-state index is 3.89. The van der Waals surface area contributed by atoms with Crippen LogP contribution in [0.1, 0.15) is 68.9 Å². The maximum Gasteiger partial charge on any atom is 0.0102 e. The third-order valence-corrected chi connectivity index (χ3v) is 9.17. The Morgan fingerprint density at radius 3 is 2.31 bits per heavy atom. The van der Waals surface area contributed by atoms with Gasteiger partial charge in [0.2, 0.25) is 0 Å². The molecular weight excluding hydrogens is 350 g/mol. The van der Waals surface area contributed by atoms with Gasteiger partial charge in [0.15, 0.2) is 0 Å². The third kappa shape index (κ3) is 3.00. The van der Waals surface area contributed by atoms with Gasteiger partial charge < -0.3 is 5.32 Å². The lowest BCUT2D eigenvalue weighted by atomic mass is 9.67. The van der Waals surface area contributed by atoms with Crippen molar-refractivity contribution in [2.24, 2.45) is 29.6 Å². The lowest BCUT2D eigenvalue weighted by Gasteiger charge is -2.43. The molecule has 4 aliphatic rings. The molecule has 1 aliphatic heterocycles. The Bertz CT molecular complexity index is 840. The first-order valence-electron chi connectivity index (χ1n) is 12.2. The molecule has 3 fully saturated rings. The Hall–Kier alpha value is -1.60. The number of fused-ring (bicyclic) bond motifs is 5. The molecular formula is C28H35N. The van der Waals surface area contributed by atoms with E-state index in [1.54, 1.807) is 11.1 Å². The quantitative estimate of drug-likeness (QED) is 0.625. The van der Waals surface area contributed by atoms with E-state index in [0.29, 0.717) is 5.92 Å². The highest BCUT2D eigenvalue weighted by molar-refractivity contribution is 5.78. The van der Waals surface area contributed by atoms with Crippen molar-refractivity contribution in [2.45, 2.75) is 63.8 Å². The molecule has 2 aromatic carbocycles. The van der Waals surface area contributed by atoms with Gasteiger partial charge in [-0.25, -0.2) is 0 Å². The van der Waals surface area contributed by atoms with Crippen LogP contribution in [0.3, 0.4) is 0 Å². The van der Waals surface area contributed by atoms with Crippen LogP contribution in [-0.4, -0.2) is 12.6 Å². The van der Waals surface area contributed by atoms with Gasteiger partial charge in [-0.05, 0) is 103 Å². The van der Waals surface area contributed by atoms with E-state index in [-0.39, 0.29) is 0 Å². The first-order valence-corrected chi connectivity index (χ1v) is 12.2. The first-order chi connectivity index (χ1) is 14.3. The Kier molecular flexibility index (Phi) is 4.56. The van der Waals surface area contributed by atoms with Gasteiger partial charge in [0.05, 0.1) is 0 Å². The van der Waals surface area contributed by atoms with Gasteiger partial charge in [0.25, 0.3) is 0 Å². The molecule has 3 aliphatic carbocycles. The van der Waals surface area contributed by atoms with E-state index in [1.807, 2.05) is 0 Å². The van der Waals surface area contributed by atoms with Crippen LogP contribution < -0.4 is 5.32 Å². The van der Waals surface area contributed by atoms with Crippen LogP contribution in [0, 0.1) is 29.6 Å². The second-order valence-corrected chi connectivity index (χ2v) is 10.5. The molecule has 1 saturated heterocycles. The number of piperidine rings is 1. The van der Waals surface area contributed by atoms with Crippen LogP contribution in [-0.2, 0) is 0 Å². The van der Waals surface area contributed by atoms with E-state index < -0.39 is 0 Å². The molecule has 2 saturated carbocycles. The molecule has 1 heterocycles. The molecule has 152 valence electrons. The van der Waals surface area contributed by atoms with E-state index in [4.69, 9.17) is 0 Å². The molecule has 29 heavy (non-hydrogen) atoms. The minimum Gasteiger partial charge on any atom is -0.314 e. The largest absolute Gasteiger partial charge is 0.314 e. The second-order valence-electron chi connectivity index (χ2n) is 10.5. The fourth-order valence-corrected chi connectivity index (χ4v) is 7.93. The van der Waals surface area contributed by atoms with Crippen molar-refractivity contribution in [1.29, 1.82) is 0 Å². The molecule has 6 atom stereocenters. The summed E-state index contributed by atoms with van der Waals surface area (Å²) in [4.78, 5) is 0. The summed E-state index contributed by atoms with van der Waals surface area (Å²) >= 11 is 0. The summed E-state index contributed by atoms with van der Waals surface area (Å²) in [6.07, 6.45) is 10.1. The minimum absolute atomic E-state index is 0.609. The zero-order valence-corrected chi connectivity index (χ0v) is 17.8. The van der Waals surface area contributed by atoms with Crippen LogP contribution in [0.4, 0.5) is 0 Å². The summed E-state index contributed by atoms with van der Waals surface area (Å²) in [7, 11) is 0.